The summed E-state index contributed by atoms with van der Waals surface area (Å²) in [6, 6.07) is 3.85. The molecule has 26 heavy (non-hydrogen) atoms. The van der Waals surface area contributed by atoms with Gasteiger partial charge < -0.3 is 15.4 Å². The van der Waals surface area contributed by atoms with Gasteiger partial charge in [0.2, 0.25) is 0 Å². The summed E-state index contributed by atoms with van der Waals surface area (Å²) in [6.45, 7) is 2.41. The highest BCUT2D eigenvalue weighted by Crippen LogP contribution is 2.28. The molecule has 2 N–H and O–H groups in total. The Bertz CT molecular complexity index is 846. The van der Waals surface area contributed by atoms with Crippen molar-refractivity contribution < 1.29 is 19.2 Å². The highest BCUT2D eigenvalue weighted by atomic mass is 16.6. The molecule has 0 aliphatic rings. The van der Waals surface area contributed by atoms with Gasteiger partial charge in [0.25, 0.3) is 11.8 Å². The van der Waals surface area contributed by atoms with Gasteiger partial charge in [-0.1, -0.05) is 6.92 Å². The van der Waals surface area contributed by atoms with E-state index in [1.807, 2.05) is 6.92 Å². The van der Waals surface area contributed by atoms with E-state index in [0.717, 1.165) is 12.5 Å². The number of nitro benzene ring substituents is 1. The Labute approximate surface area is 149 Å². The number of hydrogen-bond donors (Lipinski definition) is 2. The summed E-state index contributed by atoms with van der Waals surface area (Å²) in [5.74, 6) is -0.927. The third kappa shape index (κ3) is 3.97. The van der Waals surface area contributed by atoms with Gasteiger partial charge in [-0.15, -0.1) is 0 Å². The number of rotatable bonds is 7. The van der Waals surface area contributed by atoms with Crippen LogP contribution in [-0.4, -0.2) is 40.2 Å². The average Bonchev–Trinajstić information content (AvgIpc) is 2.99. The zero-order chi connectivity index (χ0) is 19.3. The number of hydrogen-bond acceptors (Lipinski definition) is 6. The van der Waals surface area contributed by atoms with Crippen molar-refractivity contribution >= 4 is 23.2 Å². The number of carbonyl (C=O) groups is 2. The van der Waals surface area contributed by atoms with E-state index in [1.54, 1.807) is 7.05 Å². The fraction of sp³-hybridized carbons (Fsp3) is 0.312. The maximum absolute atomic E-state index is 12.4. The molecule has 0 radical (unpaired) electrons. The molecule has 2 aromatic rings. The number of amides is 2. The normalized spacial score (nSPS) is 10.3. The van der Waals surface area contributed by atoms with Gasteiger partial charge in [0.15, 0.2) is 5.75 Å². The fourth-order valence-electron chi connectivity index (χ4n) is 2.29. The molecular weight excluding hydrogens is 342 g/mol. The summed E-state index contributed by atoms with van der Waals surface area (Å²) in [6.07, 6.45) is 2.11. The molecule has 1 heterocycles. The summed E-state index contributed by atoms with van der Waals surface area (Å²) < 4.78 is 6.26. The first-order valence-electron chi connectivity index (χ1n) is 7.83. The van der Waals surface area contributed by atoms with Crippen molar-refractivity contribution in [2.45, 2.75) is 13.3 Å². The predicted molar refractivity (Wildman–Crippen MR) is 93.4 cm³/mol. The molecule has 2 amide bonds. The van der Waals surface area contributed by atoms with Crippen LogP contribution in [0.1, 0.15) is 34.2 Å². The van der Waals surface area contributed by atoms with Crippen LogP contribution in [0, 0.1) is 10.1 Å². The quantitative estimate of drug-likeness (QED) is 0.571. The number of nitro groups is 1. The van der Waals surface area contributed by atoms with E-state index in [-0.39, 0.29) is 34.3 Å². The molecule has 0 aliphatic heterocycles. The molecule has 0 saturated carbocycles. The Morgan fingerprint density at radius 1 is 1.35 bits per heavy atom. The molecule has 10 nitrogen and oxygen atoms in total. The number of nitrogens with zero attached hydrogens (tertiary/aromatic N) is 3. The van der Waals surface area contributed by atoms with Crippen molar-refractivity contribution in [3.05, 3.63) is 45.8 Å². The molecule has 2 rings (SSSR count). The summed E-state index contributed by atoms with van der Waals surface area (Å²) >= 11 is 0. The number of anilines is 1. The zero-order valence-corrected chi connectivity index (χ0v) is 14.6. The van der Waals surface area contributed by atoms with Crippen molar-refractivity contribution in [2.24, 2.45) is 7.05 Å². The van der Waals surface area contributed by atoms with Crippen LogP contribution in [-0.2, 0) is 7.05 Å². The minimum absolute atomic E-state index is 0.0487. The van der Waals surface area contributed by atoms with Crippen LogP contribution in [0.3, 0.4) is 0 Å². The minimum atomic E-state index is -0.636. The Morgan fingerprint density at radius 2 is 2.08 bits per heavy atom. The lowest BCUT2D eigenvalue weighted by Gasteiger charge is -2.09. The second-order valence-electron chi connectivity index (χ2n) is 5.38. The molecule has 0 fully saturated rings. The zero-order valence-electron chi connectivity index (χ0n) is 14.6. The summed E-state index contributed by atoms with van der Waals surface area (Å²) in [5, 5.41) is 20.3. The van der Waals surface area contributed by atoms with Crippen molar-refractivity contribution in [1.29, 1.82) is 0 Å². The van der Waals surface area contributed by atoms with Crippen LogP contribution in [0.15, 0.2) is 24.4 Å². The van der Waals surface area contributed by atoms with Crippen molar-refractivity contribution in [3.8, 4) is 5.75 Å². The molecule has 0 saturated heterocycles. The van der Waals surface area contributed by atoms with Gasteiger partial charge in [0, 0.05) is 25.2 Å². The number of ether oxygens (including phenoxy) is 1. The largest absolute Gasteiger partial charge is 0.490 e. The highest BCUT2D eigenvalue weighted by Gasteiger charge is 2.21. The summed E-state index contributed by atoms with van der Waals surface area (Å²) in [5.41, 5.74) is 0.132. The number of aromatic nitrogens is 2. The lowest BCUT2D eigenvalue weighted by molar-refractivity contribution is -0.385. The minimum Gasteiger partial charge on any atom is -0.490 e. The number of methoxy groups -OCH3 is 1. The van der Waals surface area contributed by atoms with Crippen LogP contribution >= 0.6 is 0 Å². The van der Waals surface area contributed by atoms with Gasteiger partial charge in [0.05, 0.1) is 23.9 Å². The van der Waals surface area contributed by atoms with Gasteiger partial charge in [-0.3, -0.25) is 24.4 Å². The first-order chi connectivity index (χ1) is 12.4. The molecular formula is C16H19N5O5. The third-order valence-electron chi connectivity index (χ3n) is 3.58. The molecule has 138 valence electrons. The van der Waals surface area contributed by atoms with Crippen molar-refractivity contribution in [2.75, 3.05) is 19.0 Å². The molecule has 0 unspecified atom stereocenters. The van der Waals surface area contributed by atoms with Crippen molar-refractivity contribution in [1.82, 2.24) is 15.1 Å². The van der Waals surface area contributed by atoms with Gasteiger partial charge in [-0.25, -0.2) is 0 Å². The second kappa shape index (κ2) is 8.10. The standard InChI is InChI=1S/C16H19N5O5/c1-4-7-17-16(23)14-11(9-18-20(14)2)19-15(22)10-5-6-13(26-3)12(8-10)21(24)25/h5-6,8-9H,4,7H2,1-3H3,(H,17,23)(H,19,22). The molecule has 0 spiro atoms. The Morgan fingerprint density at radius 3 is 2.69 bits per heavy atom. The van der Waals surface area contributed by atoms with E-state index in [1.165, 1.54) is 30.1 Å². The maximum atomic E-state index is 12.4. The Balaban J connectivity index is 2.27. The first-order valence-corrected chi connectivity index (χ1v) is 7.83. The molecule has 1 aromatic heterocycles. The van der Waals surface area contributed by atoms with Crippen LogP contribution in [0.5, 0.6) is 5.75 Å². The Hall–Kier alpha value is -3.43. The fourth-order valence-corrected chi connectivity index (χ4v) is 2.29. The molecule has 0 atom stereocenters. The number of carbonyl (C=O) groups excluding carboxylic acids is 2. The SMILES string of the molecule is CCCNC(=O)c1c(NC(=O)c2ccc(OC)c([N+](=O)[O-])c2)cnn1C. The van der Waals surface area contributed by atoms with E-state index in [0.29, 0.717) is 6.54 Å². The van der Waals surface area contributed by atoms with E-state index in [2.05, 4.69) is 15.7 Å². The second-order valence-corrected chi connectivity index (χ2v) is 5.38. The summed E-state index contributed by atoms with van der Waals surface area (Å²) in [7, 11) is 2.88. The number of benzene rings is 1. The van der Waals surface area contributed by atoms with Gasteiger partial charge >= 0.3 is 5.69 Å². The Kier molecular flexibility index (Phi) is 5.89. The predicted octanol–water partition coefficient (Wildman–Crippen LogP) is 1.73. The third-order valence-corrected chi connectivity index (χ3v) is 3.58. The molecule has 1 aromatic carbocycles. The monoisotopic (exact) mass is 361 g/mol. The lowest BCUT2D eigenvalue weighted by Crippen LogP contribution is -2.27. The van der Waals surface area contributed by atoms with Crippen LogP contribution in [0.25, 0.3) is 0 Å². The number of nitrogens with one attached hydrogen (secondary N) is 2. The van der Waals surface area contributed by atoms with Crippen molar-refractivity contribution in [3.63, 3.8) is 0 Å². The van der Waals surface area contributed by atoms with Crippen LogP contribution < -0.4 is 15.4 Å². The first kappa shape index (κ1) is 18.9. The topological polar surface area (TPSA) is 128 Å². The molecule has 0 bridgehead atoms. The number of aryl methyl sites for hydroxylation is 1. The van der Waals surface area contributed by atoms with Gasteiger partial charge in [0.1, 0.15) is 5.69 Å². The van der Waals surface area contributed by atoms with E-state index in [9.17, 15) is 19.7 Å². The highest BCUT2D eigenvalue weighted by molar-refractivity contribution is 6.08. The average molecular weight is 361 g/mol. The lowest BCUT2D eigenvalue weighted by atomic mass is 10.1. The van der Waals surface area contributed by atoms with E-state index >= 15 is 0 Å². The molecule has 10 heteroatoms. The summed E-state index contributed by atoms with van der Waals surface area (Å²) in [4.78, 5) is 35.1. The van der Waals surface area contributed by atoms with Crippen LogP contribution in [0.4, 0.5) is 11.4 Å². The van der Waals surface area contributed by atoms with E-state index < -0.39 is 10.8 Å². The van der Waals surface area contributed by atoms with Crippen LogP contribution in [0.2, 0.25) is 0 Å². The van der Waals surface area contributed by atoms with E-state index in [4.69, 9.17) is 4.74 Å². The maximum Gasteiger partial charge on any atom is 0.311 e. The van der Waals surface area contributed by atoms with Gasteiger partial charge in [-0.2, -0.15) is 5.10 Å². The smallest absolute Gasteiger partial charge is 0.311 e. The van der Waals surface area contributed by atoms with Gasteiger partial charge in [-0.05, 0) is 18.6 Å². The molecule has 0 aliphatic carbocycles.